The first kappa shape index (κ1) is 28.5. The van der Waals surface area contributed by atoms with Crippen LogP contribution in [0.3, 0.4) is 0 Å². The molecule has 1 rings (SSSR count). The number of ether oxygens (including phenoxy) is 3. The molecule has 1 N–H and O–H groups in total. The molecule has 1 aromatic carbocycles. The molecule has 0 aliphatic carbocycles. The summed E-state index contributed by atoms with van der Waals surface area (Å²) in [5.41, 5.74) is -0.163. The zero-order valence-corrected chi connectivity index (χ0v) is 21.8. The van der Waals surface area contributed by atoms with Gasteiger partial charge in [0.1, 0.15) is 22.8 Å². The number of hydrogen-bond donors (Lipinski definition) is 1. The van der Waals surface area contributed by atoms with Crippen molar-refractivity contribution in [3.05, 3.63) is 35.4 Å². The molecule has 0 saturated carbocycles. The molecular weight excluding hydrogens is 422 g/mol. The van der Waals surface area contributed by atoms with Gasteiger partial charge in [-0.05, 0) is 87.6 Å². The van der Waals surface area contributed by atoms with Crippen molar-refractivity contribution in [3.63, 3.8) is 0 Å². The van der Waals surface area contributed by atoms with E-state index < -0.39 is 46.8 Å². The lowest BCUT2D eigenvalue weighted by Gasteiger charge is -2.29. The van der Waals surface area contributed by atoms with Crippen molar-refractivity contribution < 1.29 is 28.6 Å². The lowest BCUT2D eigenvalue weighted by molar-refractivity contribution is -0.162. The topological polar surface area (TPSA) is 90.9 Å². The van der Waals surface area contributed by atoms with Crippen LogP contribution in [0.2, 0.25) is 0 Å². The number of aryl methyl sites for hydroxylation is 1. The van der Waals surface area contributed by atoms with Crippen LogP contribution in [-0.2, 0) is 30.2 Å². The van der Waals surface area contributed by atoms with Gasteiger partial charge in [0.2, 0.25) is 0 Å². The van der Waals surface area contributed by atoms with Crippen molar-refractivity contribution in [2.24, 2.45) is 5.92 Å². The highest BCUT2D eigenvalue weighted by Gasteiger charge is 2.35. The van der Waals surface area contributed by atoms with Crippen LogP contribution in [0.15, 0.2) is 24.3 Å². The number of nitrogens with one attached hydrogen (secondary N) is 1. The highest BCUT2D eigenvalue weighted by Crippen LogP contribution is 2.22. The highest BCUT2D eigenvalue weighted by molar-refractivity contribution is 5.83. The van der Waals surface area contributed by atoms with E-state index in [-0.39, 0.29) is 6.42 Å². The van der Waals surface area contributed by atoms with Gasteiger partial charge in [-0.15, -0.1) is 0 Å². The van der Waals surface area contributed by atoms with Crippen LogP contribution in [0.25, 0.3) is 0 Å². The predicted molar refractivity (Wildman–Crippen MR) is 128 cm³/mol. The second kappa shape index (κ2) is 11.0. The zero-order valence-electron chi connectivity index (χ0n) is 21.8. The molecule has 0 spiro atoms. The van der Waals surface area contributed by atoms with Gasteiger partial charge in [-0.25, -0.2) is 9.59 Å². The molecule has 1 aromatic rings. The fourth-order valence-corrected chi connectivity index (χ4v) is 2.98. The van der Waals surface area contributed by atoms with Crippen LogP contribution in [-0.4, -0.2) is 40.9 Å². The van der Waals surface area contributed by atoms with E-state index >= 15 is 0 Å². The second-order valence-electron chi connectivity index (χ2n) is 11.4. The number of hydrogen-bond acceptors (Lipinski definition) is 6. The van der Waals surface area contributed by atoms with E-state index in [1.807, 2.05) is 31.2 Å². The highest BCUT2D eigenvalue weighted by atomic mass is 16.6. The largest absolute Gasteiger partial charge is 0.460 e. The molecule has 186 valence electrons. The number of carbonyl (C=O) groups is 3. The number of benzene rings is 1. The molecule has 0 fully saturated rings. The van der Waals surface area contributed by atoms with Gasteiger partial charge in [-0.1, -0.05) is 29.8 Å². The minimum atomic E-state index is -1.08. The second-order valence-corrected chi connectivity index (χ2v) is 11.4. The normalized spacial score (nSPS) is 14.1. The summed E-state index contributed by atoms with van der Waals surface area (Å²) in [5, 5.41) is 2.60. The quantitative estimate of drug-likeness (QED) is 0.446. The fraction of sp³-hybridized carbons (Fsp3) is 0.654. The van der Waals surface area contributed by atoms with E-state index in [1.165, 1.54) is 0 Å². The summed E-state index contributed by atoms with van der Waals surface area (Å²) in [4.78, 5) is 38.5. The molecule has 0 saturated heterocycles. The van der Waals surface area contributed by atoms with E-state index in [2.05, 4.69) is 5.32 Å². The van der Waals surface area contributed by atoms with E-state index in [9.17, 15) is 14.4 Å². The van der Waals surface area contributed by atoms with Crippen molar-refractivity contribution in [1.82, 2.24) is 5.32 Å². The van der Waals surface area contributed by atoms with Crippen LogP contribution >= 0.6 is 0 Å². The molecule has 33 heavy (non-hydrogen) atoms. The van der Waals surface area contributed by atoms with Gasteiger partial charge in [0.25, 0.3) is 0 Å². The third-order valence-electron chi connectivity index (χ3n) is 4.25. The Labute approximate surface area is 198 Å². The van der Waals surface area contributed by atoms with Crippen molar-refractivity contribution in [3.8, 4) is 0 Å². The van der Waals surface area contributed by atoms with Gasteiger partial charge in [0.15, 0.2) is 0 Å². The van der Waals surface area contributed by atoms with Crippen molar-refractivity contribution in [2.75, 3.05) is 0 Å². The molecule has 0 aliphatic rings. The first-order chi connectivity index (χ1) is 14.8. The lowest BCUT2D eigenvalue weighted by Crippen LogP contribution is -2.48. The fourth-order valence-electron chi connectivity index (χ4n) is 2.98. The van der Waals surface area contributed by atoms with Crippen LogP contribution < -0.4 is 5.32 Å². The number of carbonyl (C=O) groups excluding carboxylic acids is 3. The summed E-state index contributed by atoms with van der Waals surface area (Å²) < 4.78 is 16.5. The summed E-state index contributed by atoms with van der Waals surface area (Å²) in [6.07, 6.45) is -0.391. The Bertz CT molecular complexity index is 809. The molecule has 0 unspecified atom stereocenters. The third kappa shape index (κ3) is 12.3. The smallest absolute Gasteiger partial charge is 0.408 e. The van der Waals surface area contributed by atoms with Gasteiger partial charge >= 0.3 is 18.0 Å². The van der Waals surface area contributed by atoms with E-state index in [0.717, 1.165) is 11.1 Å². The van der Waals surface area contributed by atoms with Crippen LogP contribution in [0.5, 0.6) is 0 Å². The summed E-state index contributed by atoms with van der Waals surface area (Å²) >= 11 is 0. The maximum atomic E-state index is 13.1. The maximum Gasteiger partial charge on any atom is 0.408 e. The Morgan fingerprint density at radius 1 is 0.758 bits per heavy atom. The number of rotatable bonds is 7. The molecule has 0 heterocycles. The zero-order chi connectivity index (χ0) is 25.6. The number of amides is 1. The average molecular weight is 464 g/mol. The van der Waals surface area contributed by atoms with Gasteiger partial charge in [0.05, 0.1) is 5.92 Å². The van der Waals surface area contributed by atoms with Gasteiger partial charge in [-0.2, -0.15) is 0 Å². The molecule has 0 aliphatic heterocycles. The van der Waals surface area contributed by atoms with Crippen LogP contribution in [0.1, 0.15) is 79.9 Å². The summed E-state index contributed by atoms with van der Waals surface area (Å²) in [5.74, 6) is -1.76. The maximum absolute atomic E-state index is 13.1. The first-order valence-electron chi connectivity index (χ1n) is 11.4. The van der Waals surface area contributed by atoms with Crippen molar-refractivity contribution in [2.45, 2.75) is 105 Å². The average Bonchev–Trinajstić information content (AvgIpc) is 2.57. The van der Waals surface area contributed by atoms with Crippen LogP contribution in [0, 0.1) is 12.8 Å². The molecule has 7 heteroatoms. The molecule has 0 aromatic heterocycles. The summed E-state index contributed by atoms with van der Waals surface area (Å²) in [6.45, 7) is 17.8. The molecule has 2 atom stereocenters. The van der Waals surface area contributed by atoms with Crippen molar-refractivity contribution in [1.29, 1.82) is 0 Å². The molecule has 0 radical (unpaired) electrons. The molecular formula is C26H41NO6. The van der Waals surface area contributed by atoms with Gasteiger partial charge in [-0.3, -0.25) is 4.79 Å². The minimum absolute atomic E-state index is 0.0109. The molecule has 7 nitrogen and oxygen atoms in total. The third-order valence-corrected chi connectivity index (χ3v) is 4.25. The Morgan fingerprint density at radius 2 is 1.21 bits per heavy atom. The SMILES string of the molecule is Cc1ccc(C[C@@H](C[C@H](NC(=O)OC(C)(C)C)C(=O)OC(C)(C)C)C(=O)OC(C)(C)C)cc1. The number of esters is 2. The number of alkyl carbamates (subject to hydrolysis) is 1. The van der Waals surface area contributed by atoms with E-state index in [1.54, 1.807) is 62.3 Å². The molecule has 1 amide bonds. The van der Waals surface area contributed by atoms with E-state index in [4.69, 9.17) is 14.2 Å². The van der Waals surface area contributed by atoms with Gasteiger partial charge in [0, 0.05) is 0 Å². The van der Waals surface area contributed by atoms with Gasteiger partial charge < -0.3 is 19.5 Å². The Balaban J connectivity index is 3.21. The van der Waals surface area contributed by atoms with E-state index in [0.29, 0.717) is 6.42 Å². The lowest BCUT2D eigenvalue weighted by atomic mass is 9.92. The minimum Gasteiger partial charge on any atom is -0.460 e. The first-order valence-corrected chi connectivity index (χ1v) is 11.4. The summed E-state index contributed by atoms with van der Waals surface area (Å²) in [7, 11) is 0. The Hall–Kier alpha value is -2.57. The Morgan fingerprint density at radius 3 is 1.67 bits per heavy atom. The summed E-state index contributed by atoms with van der Waals surface area (Å²) in [6, 6.07) is 6.73. The predicted octanol–water partition coefficient (Wildman–Crippen LogP) is 5.12. The van der Waals surface area contributed by atoms with Crippen molar-refractivity contribution >= 4 is 18.0 Å². The standard InChI is InChI=1S/C26H41NO6/c1-17-11-13-18(14-12-17)15-19(21(28)31-24(2,3)4)16-20(22(29)32-25(5,6)7)27-23(30)33-26(8,9)10/h11-14,19-20H,15-16H2,1-10H3,(H,27,30)/t19-,20-/m0/s1. The Kier molecular flexibility index (Phi) is 9.52. The van der Waals surface area contributed by atoms with Crippen LogP contribution in [0.4, 0.5) is 4.79 Å². The monoisotopic (exact) mass is 463 g/mol. The molecule has 0 bridgehead atoms.